The van der Waals surface area contributed by atoms with Crippen molar-refractivity contribution in [1.29, 1.82) is 0 Å². The maximum atomic E-state index is 6.12. The average molecular weight is 306 g/mol. The lowest BCUT2D eigenvalue weighted by molar-refractivity contribution is 0.241. The number of halogens is 1. The molecule has 0 radical (unpaired) electrons. The minimum Gasteiger partial charge on any atom is -0.369 e. The van der Waals surface area contributed by atoms with Gasteiger partial charge in [0.05, 0.1) is 5.69 Å². The van der Waals surface area contributed by atoms with E-state index in [1.165, 1.54) is 11.3 Å². The first-order chi connectivity index (χ1) is 10.1. The summed E-state index contributed by atoms with van der Waals surface area (Å²) in [5.41, 5.74) is 3.54. The molecular weight excluding hydrogens is 286 g/mol. The second kappa shape index (κ2) is 6.08. The van der Waals surface area contributed by atoms with Crippen molar-refractivity contribution in [3.8, 4) is 0 Å². The van der Waals surface area contributed by atoms with Crippen LogP contribution in [0.1, 0.15) is 17.0 Å². The van der Waals surface area contributed by atoms with Gasteiger partial charge < -0.3 is 9.42 Å². The van der Waals surface area contributed by atoms with Gasteiger partial charge in [0.2, 0.25) is 0 Å². The van der Waals surface area contributed by atoms with Crippen molar-refractivity contribution in [1.82, 2.24) is 10.1 Å². The van der Waals surface area contributed by atoms with Gasteiger partial charge in [-0.25, -0.2) is 0 Å². The van der Waals surface area contributed by atoms with E-state index in [0.29, 0.717) is 0 Å². The van der Waals surface area contributed by atoms with Crippen molar-refractivity contribution in [2.45, 2.75) is 20.4 Å². The number of aromatic nitrogens is 1. The zero-order valence-electron chi connectivity index (χ0n) is 12.5. The lowest BCUT2D eigenvalue weighted by Gasteiger charge is -2.36. The number of aryl methyl sites for hydroxylation is 2. The fraction of sp³-hybridized carbons (Fsp3) is 0.438. The van der Waals surface area contributed by atoms with Crippen LogP contribution in [-0.2, 0) is 6.54 Å². The number of nitrogens with zero attached hydrogens (tertiary/aromatic N) is 3. The van der Waals surface area contributed by atoms with Gasteiger partial charge in [0, 0.05) is 49.5 Å². The van der Waals surface area contributed by atoms with Crippen molar-refractivity contribution in [3.05, 3.63) is 46.3 Å². The molecule has 1 fully saturated rings. The number of hydrogen-bond acceptors (Lipinski definition) is 4. The molecule has 1 aromatic carbocycles. The van der Waals surface area contributed by atoms with Gasteiger partial charge in [0.1, 0.15) is 5.76 Å². The van der Waals surface area contributed by atoms with E-state index in [2.05, 4.69) is 34.0 Å². The van der Waals surface area contributed by atoms with Crippen LogP contribution in [0.2, 0.25) is 5.02 Å². The molecule has 5 heteroatoms. The van der Waals surface area contributed by atoms with Crippen LogP contribution in [0.3, 0.4) is 0 Å². The van der Waals surface area contributed by atoms with E-state index >= 15 is 0 Å². The summed E-state index contributed by atoms with van der Waals surface area (Å²) in [5, 5.41) is 4.87. The van der Waals surface area contributed by atoms with E-state index in [9.17, 15) is 0 Å². The Morgan fingerprint density at radius 1 is 1.14 bits per heavy atom. The van der Waals surface area contributed by atoms with Crippen LogP contribution in [0.15, 0.2) is 28.8 Å². The summed E-state index contributed by atoms with van der Waals surface area (Å²) in [6.45, 7) is 9.00. The Hall–Kier alpha value is -1.52. The Bertz CT molecular complexity index is 618. The van der Waals surface area contributed by atoms with Crippen molar-refractivity contribution in [2.75, 3.05) is 31.1 Å². The quantitative estimate of drug-likeness (QED) is 0.871. The van der Waals surface area contributed by atoms with Gasteiger partial charge >= 0.3 is 0 Å². The third-order valence-corrected chi connectivity index (χ3v) is 4.18. The van der Waals surface area contributed by atoms with Crippen LogP contribution in [0.4, 0.5) is 5.69 Å². The Labute approximate surface area is 130 Å². The molecule has 1 aromatic heterocycles. The Morgan fingerprint density at radius 2 is 1.90 bits per heavy atom. The molecule has 0 saturated carbocycles. The highest BCUT2D eigenvalue weighted by Gasteiger charge is 2.19. The first-order valence-corrected chi connectivity index (χ1v) is 7.65. The summed E-state index contributed by atoms with van der Waals surface area (Å²) >= 11 is 6.12. The molecule has 0 spiro atoms. The van der Waals surface area contributed by atoms with Crippen molar-refractivity contribution in [3.63, 3.8) is 0 Å². The number of benzene rings is 1. The van der Waals surface area contributed by atoms with Crippen molar-refractivity contribution < 1.29 is 4.52 Å². The molecule has 0 amide bonds. The molecule has 0 aliphatic carbocycles. The van der Waals surface area contributed by atoms with Crippen LogP contribution in [0.25, 0.3) is 0 Å². The number of anilines is 1. The third-order valence-electron chi connectivity index (χ3n) is 3.95. The molecule has 2 aromatic rings. The molecule has 112 valence electrons. The highest BCUT2D eigenvalue weighted by atomic mass is 35.5. The van der Waals surface area contributed by atoms with Crippen LogP contribution in [0.5, 0.6) is 0 Å². The molecule has 2 heterocycles. The molecule has 0 bridgehead atoms. The van der Waals surface area contributed by atoms with Crippen LogP contribution < -0.4 is 4.90 Å². The summed E-state index contributed by atoms with van der Waals surface area (Å²) in [4.78, 5) is 4.82. The van der Waals surface area contributed by atoms with Gasteiger partial charge in [-0.3, -0.25) is 4.90 Å². The zero-order chi connectivity index (χ0) is 14.8. The monoisotopic (exact) mass is 305 g/mol. The van der Waals surface area contributed by atoms with Crippen LogP contribution >= 0.6 is 11.6 Å². The van der Waals surface area contributed by atoms with E-state index in [1.807, 2.05) is 19.1 Å². The van der Waals surface area contributed by atoms with Crippen molar-refractivity contribution in [2.24, 2.45) is 0 Å². The fourth-order valence-corrected chi connectivity index (χ4v) is 2.96. The summed E-state index contributed by atoms with van der Waals surface area (Å²) in [7, 11) is 0. The molecular formula is C16H20ClN3O. The fourth-order valence-electron chi connectivity index (χ4n) is 2.79. The highest BCUT2D eigenvalue weighted by molar-refractivity contribution is 6.30. The lowest BCUT2D eigenvalue weighted by Crippen LogP contribution is -2.46. The minimum atomic E-state index is 0.802. The van der Waals surface area contributed by atoms with Gasteiger partial charge in [-0.2, -0.15) is 0 Å². The van der Waals surface area contributed by atoms with Crippen LogP contribution in [0, 0.1) is 13.8 Å². The van der Waals surface area contributed by atoms with E-state index in [-0.39, 0.29) is 0 Å². The van der Waals surface area contributed by atoms with Gasteiger partial charge in [-0.1, -0.05) is 22.8 Å². The molecule has 1 saturated heterocycles. The van der Waals surface area contributed by atoms with E-state index in [4.69, 9.17) is 16.1 Å². The Kier molecular flexibility index (Phi) is 4.17. The number of piperazine rings is 1. The standard InChI is InChI=1S/C16H20ClN3O/c1-12-3-4-14(17)10-16(12)20-7-5-19(6-8-20)11-15-9-13(2)21-18-15/h3-4,9-10H,5-8,11H2,1-2H3. The topological polar surface area (TPSA) is 32.5 Å². The first kappa shape index (κ1) is 14.4. The highest BCUT2D eigenvalue weighted by Crippen LogP contribution is 2.25. The minimum absolute atomic E-state index is 0.802. The molecule has 4 nitrogen and oxygen atoms in total. The number of rotatable bonds is 3. The Balaban J connectivity index is 1.61. The van der Waals surface area contributed by atoms with Gasteiger partial charge in [-0.05, 0) is 31.5 Å². The van der Waals surface area contributed by atoms with E-state index in [0.717, 1.165) is 49.2 Å². The third kappa shape index (κ3) is 3.39. The number of hydrogen-bond donors (Lipinski definition) is 0. The smallest absolute Gasteiger partial charge is 0.133 e. The molecule has 1 aliphatic heterocycles. The predicted octanol–water partition coefficient (Wildman–Crippen LogP) is 3.27. The van der Waals surface area contributed by atoms with E-state index < -0.39 is 0 Å². The molecule has 21 heavy (non-hydrogen) atoms. The maximum Gasteiger partial charge on any atom is 0.133 e. The lowest BCUT2D eigenvalue weighted by atomic mass is 10.1. The molecule has 0 atom stereocenters. The predicted molar refractivity (Wildman–Crippen MR) is 84.9 cm³/mol. The summed E-state index contributed by atoms with van der Waals surface area (Å²) in [5.74, 6) is 0.873. The second-order valence-electron chi connectivity index (χ2n) is 5.62. The summed E-state index contributed by atoms with van der Waals surface area (Å²) < 4.78 is 5.12. The van der Waals surface area contributed by atoms with Crippen LogP contribution in [-0.4, -0.2) is 36.2 Å². The zero-order valence-corrected chi connectivity index (χ0v) is 13.2. The average Bonchev–Trinajstić information content (AvgIpc) is 2.88. The largest absolute Gasteiger partial charge is 0.369 e. The molecule has 1 aliphatic rings. The van der Waals surface area contributed by atoms with Crippen molar-refractivity contribution >= 4 is 17.3 Å². The molecule has 3 rings (SSSR count). The first-order valence-electron chi connectivity index (χ1n) is 7.27. The Morgan fingerprint density at radius 3 is 2.57 bits per heavy atom. The summed E-state index contributed by atoms with van der Waals surface area (Å²) in [6, 6.07) is 8.10. The molecule has 0 N–H and O–H groups in total. The summed E-state index contributed by atoms with van der Waals surface area (Å²) in [6.07, 6.45) is 0. The van der Waals surface area contributed by atoms with Gasteiger partial charge in [0.25, 0.3) is 0 Å². The maximum absolute atomic E-state index is 6.12. The van der Waals surface area contributed by atoms with Gasteiger partial charge in [0.15, 0.2) is 0 Å². The molecule has 0 unspecified atom stereocenters. The van der Waals surface area contributed by atoms with E-state index in [1.54, 1.807) is 0 Å². The van der Waals surface area contributed by atoms with Gasteiger partial charge in [-0.15, -0.1) is 0 Å². The normalized spacial score (nSPS) is 16.4. The second-order valence-corrected chi connectivity index (χ2v) is 6.06. The SMILES string of the molecule is Cc1cc(CN2CCN(c3cc(Cl)ccc3C)CC2)no1.